The molecule has 0 spiro atoms. The summed E-state index contributed by atoms with van der Waals surface area (Å²) in [4.78, 5) is 8.83. The summed E-state index contributed by atoms with van der Waals surface area (Å²) in [5.74, 6) is 0. The molecule has 3 unspecified atom stereocenters. The van der Waals surface area contributed by atoms with Crippen molar-refractivity contribution < 1.29 is 61.1 Å². The van der Waals surface area contributed by atoms with E-state index in [2.05, 4.69) is 9.05 Å². The smallest absolute Gasteiger partial charge is 0.471 e. The molecule has 0 saturated carbocycles. The number of phosphoric acid groups is 1. The van der Waals surface area contributed by atoms with E-state index in [4.69, 9.17) is 9.63 Å². The third-order valence-corrected chi connectivity index (χ3v) is 2.61. The third kappa shape index (κ3) is 13.9. The van der Waals surface area contributed by atoms with Crippen LogP contribution in [0, 0.1) is 6.61 Å². The molecule has 6 nitrogen and oxygen atoms in total. The molecule has 1 rings (SSSR count). The van der Waals surface area contributed by atoms with E-state index in [-0.39, 0.29) is 61.6 Å². The molecule has 0 aromatic rings. The van der Waals surface area contributed by atoms with Crippen molar-refractivity contribution >= 4 is 7.82 Å². The van der Waals surface area contributed by atoms with Crippen LogP contribution in [0.1, 0.15) is 42.5 Å². The van der Waals surface area contributed by atoms with Gasteiger partial charge in [-0.25, -0.2) is 11.2 Å². The standard InChI is InChI=1S/C6H12O6P.C2H6.3CH4.Y/c1-10-13(8,9)12-4-6-5(7)2-3-11-6;1-2;;;;/h3,5-7H,2,4H2,1H3,(H,8,9);1-2H3;3*1H4;/q-1;;;;;. The first-order valence-corrected chi connectivity index (χ1v) is 6.23. The molecule has 8 heteroatoms. The van der Waals surface area contributed by atoms with Crippen LogP contribution in [0.5, 0.6) is 0 Å². The monoisotopic (exact) mass is 378 g/mol. The summed E-state index contributed by atoms with van der Waals surface area (Å²) in [7, 11) is -2.89. The van der Waals surface area contributed by atoms with Gasteiger partial charge in [0.05, 0.1) is 18.8 Å². The summed E-state index contributed by atoms with van der Waals surface area (Å²) in [5, 5.41) is 9.21. The Morgan fingerprint density at radius 2 is 1.84 bits per heavy atom. The Kier molecular flexibility index (Phi) is 29.1. The van der Waals surface area contributed by atoms with Crippen LogP contribution in [0.15, 0.2) is 0 Å². The van der Waals surface area contributed by atoms with E-state index < -0.39 is 20.0 Å². The summed E-state index contributed by atoms with van der Waals surface area (Å²) in [6, 6.07) is 0. The number of hydrogen-bond acceptors (Lipinski definition) is 5. The van der Waals surface area contributed by atoms with Crippen molar-refractivity contribution in [2.75, 3.05) is 13.7 Å². The molecule has 119 valence electrons. The number of ether oxygens (including phenoxy) is 1. The molecule has 1 aliphatic heterocycles. The second-order valence-corrected chi connectivity index (χ2v) is 4.15. The van der Waals surface area contributed by atoms with E-state index in [1.165, 1.54) is 6.61 Å². The van der Waals surface area contributed by atoms with Crippen molar-refractivity contribution in [1.29, 1.82) is 0 Å². The average molecular weight is 378 g/mol. The fourth-order valence-corrected chi connectivity index (χ4v) is 1.33. The van der Waals surface area contributed by atoms with Crippen LogP contribution in [-0.4, -0.2) is 35.9 Å². The maximum atomic E-state index is 10.8. The van der Waals surface area contributed by atoms with Gasteiger partial charge in [0.15, 0.2) is 0 Å². The number of aliphatic hydroxyl groups excluding tert-OH is 1. The minimum Gasteiger partial charge on any atom is -0.546 e. The van der Waals surface area contributed by atoms with Crippen molar-refractivity contribution in [1.82, 2.24) is 0 Å². The fraction of sp³-hybridized carbons (Fsp3) is 0.909. The first kappa shape index (κ1) is 32.2. The van der Waals surface area contributed by atoms with Crippen molar-refractivity contribution in [2.24, 2.45) is 0 Å². The van der Waals surface area contributed by atoms with Gasteiger partial charge in [-0.3, -0.25) is 9.05 Å². The van der Waals surface area contributed by atoms with Crippen molar-refractivity contribution in [3.05, 3.63) is 6.61 Å². The predicted octanol–water partition coefficient (Wildman–Crippen LogP) is 2.99. The molecule has 19 heavy (non-hydrogen) atoms. The Morgan fingerprint density at radius 1 is 1.37 bits per heavy atom. The van der Waals surface area contributed by atoms with Gasteiger partial charge >= 0.3 is 7.82 Å². The van der Waals surface area contributed by atoms with Gasteiger partial charge in [-0.1, -0.05) is 36.1 Å². The second-order valence-electron chi connectivity index (χ2n) is 2.59. The molecule has 0 aromatic heterocycles. The van der Waals surface area contributed by atoms with E-state index in [1.54, 1.807) is 0 Å². The first-order valence-electron chi connectivity index (χ1n) is 4.73. The minimum absolute atomic E-state index is 0. The van der Waals surface area contributed by atoms with Crippen LogP contribution < -0.4 is 0 Å². The third-order valence-electron chi connectivity index (χ3n) is 1.67. The van der Waals surface area contributed by atoms with Gasteiger partial charge in [0.2, 0.25) is 0 Å². The molecule has 0 aromatic carbocycles. The van der Waals surface area contributed by atoms with Gasteiger partial charge in [0, 0.05) is 39.8 Å². The zero-order valence-corrected chi connectivity index (χ0v) is 13.4. The summed E-state index contributed by atoms with van der Waals surface area (Å²) in [6.45, 7) is 5.27. The van der Waals surface area contributed by atoms with Crippen molar-refractivity contribution in [3.8, 4) is 0 Å². The summed E-state index contributed by atoms with van der Waals surface area (Å²) in [6.07, 6.45) is -0.871. The van der Waals surface area contributed by atoms with E-state index in [9.17, 15) is 9.67 Å². The van der Waals surface area contributed by atoms with Crippen molar-refractivity contribution in [3.63, 3.8) is 0 Å². The topological polar surface area (TPSA) is 85.2 Å². The zero-order chi connectivity index (χ0) is 11.9. The Balaban J connectivity index is -0.000000104. The SMILES string of the molecule is C.C.C.CC.COP(=O)(O)OCC1O[CH-]CC1O.[Y]. The van der Waals surface area contributed by atoms with Gasteiger partial charge in [-0.2, -0.15) is 0 Å². The molecule has 1 radical (unpaired) electrons. The molecule has 0 bridgehead atoms. The van der Waals surface area contributed by atoms with Gasteiger partial charge in [0.1, 0.15) is 0 Å². The average Bonchev–Trinajstić information content (AvgIpc) is 2.64. The molecule has 1 heterocycles. The number of phosphoric ester groups is 1. The predicted molar refractivity (Wildman–Crippen MR) is 74.1 cm³/mol. The van der Waals surface area contributed by atoms with Crippen LogP contribution in [-0.2, 0) is 51.1 Å². The van der Waals surface area contributed by atoms with Crippen LogP contribution in [0.4, 0.5) is 0 Å². The molecule has 2 N–H and O–H groups in total. The fourth-order valence-electron chi connectivity index (χ4n) is 0.891. The van der Waals surface area contributed by atoms with E-state index in [1.807, 2.05) is 13.8 Å². The molecule has 1 fully saturated rings. The van der Waals surface area contributed by atoms with E-state index >= 15 is 0 Å². The molecule has 1 saturated heterocycles. The largest absolute Gasteiger partial charge is 0.546 e. The number of hydrogen-bond donors (Lipinski definition) is 2. The van der Waals surface area contributed by atoms with Crippen LogP contribution >= 0.6 is 7.82 Å². The van der Waals surface area contributed by atoms with Gasteiger partial charge < -0.3 is 14.7 Å². The molecule has 1 aliphatic rings. The van der Waals surface area contributed by atoms with Crippen LogP contribution in [0.25, 0.3) is 0 Å². The summed E-state index contributed by atoms with van der Waals surface area (Å²) < 4.78 is 24.4. The maximum Gasteiger partial charge on any atom is 0.471 e. The molecule has 0 amide bonds. The quantitative estimate of drug-likeness (QED) is 0.578. The van der Waals surface area contributed by atoms with E-state index in [0.29, 0.717) is 6.42 Å². The Morgan fingerprint density at radius 3 is 2.16 bits per heavy atom. The number of rotatable bonds is 4. The zero-order valence-electron chi connectivity index (χ0n) is 9.70. The van der Waals surface area contributed by atoms with Crippen LogP contribution in [0.3, 0.4) is 0 Å². The van der Waals surface area contributed by atoms with E-state index in [0.717, 1.165) is 7.11 Å². The van der Waals surface area contributed by atoms with Crippen LogP contribution in [0.2, 0.25) is 0 Å². The second kappa shape index (κ2) is 17.2. The maximum absolute atomic E-state index is 10.8. The Labute approximate surface area is 143 Å². The molecular weight excluding hydrogens is 348 g/mol. The molecule has 3 atom stereocenters. The van der Waals surface area contributed by atoms with Gasteiger partial charge in [0.25, 0.3) is 0 Å². The van der Waals surface area contributed by atoms with Gasteiger partial charge in [-0.15, -0.1) is 6.42 Å². The van der Waals surface area contributed by atoms with Gasteiger partial charge in [-0.05, 0) is 0 Å². The molecule has 0 aliphatic carbocycles. The van der Waals surface area contributed by atoms with Crippen molar-refractivity contribution in [2.45, 2.75) is 54.8 Å². The summed E-state index contributed by atoms with van der Waals surface area (Å²) >= 11 is 0. The Hall–Kier alpha value is 1.13. The minimum atomic E-state index is -3.96. The number of aliphatic hydroxyl groups is 1. The summed E-state index contributed by atoms with van der Waals surface area (Å²) in [5.41, 5.74) is 0. The molecular formula is C11H30O6PY-. The first-order chi connectivity index (χ1) is 7.05. The normalized spacial score (nSPS) is 23.0. The Bertz CT molecular complexity index is 217.